The van der Waals surface area contributed by atoms with E-state index in [0.717, 1.165) is 10.3 Å². The summed E-state index contributed by atoms with van der Waals surface area (Å²) in [5, 5.41) is 4.13. The maximum absolute atomic E-state index is 13.3. The van der Waals surface area contributed by atoms with Crippen LogP contribution in [-0.2, 0) is 27.2 Å². The van der Waals surface area contributed by atoms with Crippen LogP contribution in [-0.4, -0.2) is 25.5 Å². The summed E-state index contributed by atoms with van der Waals surface area (Å²) in [6.45, 7) is 0.556. The van der Waals surface area contributed by atoms with Crippen LogP contribution in [0.15, 0.2) is 46.0 Å². The molecule has 0 unspecified atom stereocenters. The van der Waals surface area contributed by atoms with Crippen molar-refractivity contribution in [3.05, 3.63) is 78.7 Å². The predicted molar refractivity (Wildman–Crippen MR) is 126 cm³/mol. The van der Waals surface area contributed by atoms with Gasteiger partial charge in [-0.1, -0.05) is 29.3 Å². The number of benzene rings is 2. The summed E-state index contributed by atoms with van der Waals surface area (Å²) in [6.07, 6.45) is 0. The molecule has 0 spiro atoms. The van der Waals surface area contributed by atoms with Crippen LogP contribution in [0, 0.1) is 0 Å². The molecule has 0 aliphatic carbocycles. The second-order valence-corrected chi connectivity index (χ2v) is 8.49. The van der Waals surface area contributed by atoms with Crippen LogP contribution < -0.4 is 26.0 Å². The van der Waals surface area contributed by atoms with E-state index in [4.69, 9.17) is 32.7 Å². The first-order valence-corrected chi connectivity index (χ1v) is 10.8. The Morgan fingerprint density at radius 1 is 1.03 bits per heavy atom. The smallest absolute Gasteiger partial charge is 0.332 e. The molecular formula is C22H19Cl2N5O4. The minimum absolute atomic E-state index is 0.0212. The molecule has 4 aromatic rings. The summed E-state index contributed by atoms with van der Waals surface area (Å²) in [7, 11) is 3.34. The third-order valence-corrected chi connectivity index (χ3v) is 6.21. The lowest BCUT2D eigenvalue weighted by Crippen LogP contribution is -2.39. The van der Waals surface area contributed by atoms with Gasteiger partial charge in [0, 0.05) is 35.9 Å². The molecule has 1 N–H and O–H groups in total. The Kier molecular flexibility index (Phi) is 5.30. The molecule has 170 valence electrons. The van der Waals surface area contributed by atoms with Crippen molar-refractivity contribution in [2.24, 2.45) is 14.1 Å². The van der Waals surface area contributed by atoms with Gasteiger partial charge in [-0.05, 0) is 29.8 Å². The van der Waals surface area contributed by atoms with Gasteiger partial charge in [-0.15, -0.1) is 0 Å². The molecule has 0 fully saturated rings. The van der Waals surface area contributed by atoms with E-state index in [1.807, 2.05) is 18.2 Å². The largest absolute Gasteiger partial charge is 0.454 e. The fourth-order valence-electron chi connectivity index (χ4n) is 3.79. The molecule has 2 aromatic heterocycles. The average Bonchev–Trinajstić information content (AvgIpc) is 3.39. The maximum atomic E-state index is 13.3. The molecule has 1 aliphatic rings. The normalized spacial score (nSPS) is 12.5. The summed E-state index contributed by atoms with van der Waals surface area (Å²) in [5.74, 6) is 1.95. The van der Waals surface area contributed by atoms with Crippen molar-refractivity contribution in [2.75, 3.05) is 12.1 Å². The first kappa shape index (κ1) is 21.4. The van der Waals surface area contributed by atoms with E-state index in [9.17, 15) is 9.59 Å². The van der Waals surface area contributed by atoms with Gasteiger partial charge in [-0.25, -0.2) is 9.78 Å². The topological polar surface area (TPSA) is 92.3 Å². The van der Waals surface area contributed by atoms with Crippen molar-refractivity contribution in [1.82, 2.24) is 18.7 Å². The standard InChI is InChI=1S/C22H19Cl2N5O4/c1-27-18(9-25-14-5-6-16-17(8-14)33-11-32-16)26-20-19(27)21(30)29(22(31)28(20)2)10-12-3-4-13(23)7-15(12)24/h3-8,25H,9-11H2,1-2H3. The zero-order valence-electron chi connectivity index (χ0n) is 17.8. The molecule has 0 saturated carbocycles. The zero-order chi connectivity index (χ0) is 23.3. The number of aryl methyl sites for hydroxylation is 2. The third kappa shape index (κ3) is 3.73. The molecular weight excluding hydrogens is 469 g/mol. The maximum Gasteiger partial charge on any atom is 0.332 e. The number of rotatable bonds is 5. The number of hydrogen-bond acceptors (Lipinski definition) is 6. The van der Waals surface area contributed by atoms with Gasteiger partial charge in [0.25, 0.3) is 5.56 Å². The number of fused-ring (bicyclic) bond motifs is 2. The quantitative estimate of drug-likeness (QED) is 0.464. The lowest BCUT2D eigenvalue weighted by atomic mass is 10.2. The van der Waals surface area contributed by atoms with Gasteiger partial charge in [-0.3, -0.25) is 13.9 Å². The van der Waals surface area contributed by atoms with E-state index in [2.05, 4.69) is 10.3 Å². The van der Waals surface area contributed by atoms with Crippen molar-refractivity contribution < 1.29 is 9.47 Å². The minimum Gasteiger partial charge on any atom is -0.454 e. The second-order valence-electron chi connectivity index (χ2n) is 7.65. The highest BCUT2D eigenvalue weighted by atomic mass is 35.5. The van der Waals surface area contributed by atoms with Gasteiger partial charge >= 0.3 is 5.69 Å². The molecule has 3 heterocycles. The third-order valence-electron chi connectivity index (χ3n) is 5.62. The van der Waals surface area contributed by atoms with Gasteiger partial charge in [0.2, 0.25) is 6.79 Å². The zero-order valence-corrected chi connectivity index (χ0v) is 19.3. The van der Waals surface area contributed by atoms with E-state index in [1.165, 1.54) is 4.57 Å². The molecule has 0 radical (unpaired) electrons. The number of ether oxygens (including phenoxy) is 2. The Balaban J connectivity index is 1.50. The van der Waals surface area contributed by atoms with Crippen molar-refractivity contribution in [2.45, 2.75) is 13.1 Å². The van der Waals surface area contributed by atoms with Gasteiger partial charge in [-0.2, -0.15) is 0 Å². The molecule has 0 bridgehead atoms. The van der Waals surface area contributed by atoms with Crippen LogP contribution >= 0.6 is 23.2 Å². The van der Waals surface area contributed by atoms with E-state index < -0.39 is 11.2 Å². The number of nitrogens with one attached hydrogen (secondary N) is 1. The molecule has 5 rings (SSSR count). The Morgan fingerprint density at radius 2 is 1.82 bits per heavy atom. The number of nitrogens with zero attached hydrogens (tertiary/aromatic N) is 4. The molecule has 0 atom stereocenters. The summed E-state index contributed by atoms with van der Waals surface area (Å²) in [6, 6.07) is 10.5. The summed E-state index contributed by atoms with van der Waals surface area (Å²) in [4.78, 5) is 30.8. The van der Waals surface area contributed by atoms with Gasteiger partial charge in [0.05, 0.1) is 13.1 Å². The van der Waals surface area contributed by atoms with Crippen molar-refractivity contribution in [3.63, 3.8) is 0 Å². The van der Waals surface area contributed by atoms with Crippen molar-refractivity contribution in [3.8, 4) is 11.5 Å². The Hall–Kier alpha value is -3.43. The van der Waals surface area contributed by atoms with Crippen LogP contribution in [0.5, 0.6) is 11.5 Å². The molecule has 11 heteroatoms. The van der Waals surface area contributed by atoms with Crippen molar-refractivity contribution >= 4 is 40.1 Å². The Bertz CT molecular complexity index is 1520. The predicted octanol–water partition coefficient (Wildman–Crippen LogP) is 3.13. The van der Waals surface area contributed by atoms with Gasteiger partial charge in [0.1, 0.15) is 5.82 Å². The van der Waals surface area contributed by atoms with Gasteiger partial charge in [0.15, 0.2) is 22.7 Å². The summed E-state index contributed by atoms with van der Waals surface area (Å²) >= 11 is 12.2. The number of anilines is 1. The van der Waals surface area contributed by atoms with E-state index in [1.54, 1.807) is 36.9 Å². The summed E-state index contributed by atoms with van der Waals surface area (Å²) in [5.41, 5.74) is 1.15. The van der Waals surface area contributed by atoms with Crippen molar-refractivity contribution in [1.29, 1.82) is 0 Å². The lowest BCUT2D eigenvalue weighted by molar-refractivity contribution is 0.174. The monoisotopic (exact) mass is 487 g/mol. The van der Waals surface area contributed by atoms with E-state index in [0.29, 0.717) is 50.6 Å². The lowest BCUT2D eigenvalue weighted by Gasteiger charge is -2.10. The van der Waals surface area contributed by atoms with E-state index in [-0.39, 0.29) is 13.3 Å². The van der Waals surface area contributed by atoms with Crippen LogP contribution in [0.2, 0.25) is 10.0 Å². The average molecular weight is 488 g/mol. The number of halogens is 2. The first-order chi connectivity index (χ1) is 15.8. The number of hydrogen-bond donors (Lipinski definition) is 1. The fraction of sp³-hybridized carbons (Fsp3) is 0.227. The molecule has 0 saturated heterocycles. The van der Waals surface area contributed by atoms with Crippen LogP contribution in [0.1, 0.15) is 11.4 Å². The number of imidazole rings is 1. The molecule has 9 nitrogen and oxygen atoms in total. The molecule has 1 aliphatic heterocycles. The highest BCUT2D eigenvalue weighted by molar-refractivity contribution is 6.35. The summed E-state index contributed by atoms with van der Waals surface area (Å²) < 4.78 is 14.9. The van der Waals surface area contributed by atoms with Crippen LogP contribution in [0.25, 0.3) is 11.2 Å². The van der Waals surface area contributed by atoms with Crippen LogP contribution in [0.4, 0.5) is 5.69 Å². The van der Waals surface area contributed by atoms with Gasteiger partial charge < -0.3 is 19.4 Å². The molecule has 0 amide bonds. The highest BCUT2D eigenvalue weighted by Crippen LogP contribution is 2.34. The fourth-order valence-corrected chi connectivity index (χ4v) is 4.26. The second kappa shape index (κ2) is 8.17. The SMILES string of the molecule is Cn1c(CNc2ccc3c(c2)OCO3)nc2c1c(=O)n(Cc1ccc(Cl)cc1Cl)c(=O)n2C. The molecule has 2 aromatic carbocycles. The Labute approximate surface area is 197 Å². The van der Waals surface area contributed by atoms with Crippen LogP contribution in [0.3, 0.4) is 0 Å². The minimum atomic E-state index is -0.480. The highest BCUT2D eigenvalue weighted by Gasteiger charge is 2.19. The number of aromatic nitrogens is 4. The van der Waals surface area contributed by atoms with E-state index >= 15 is 0 Å². The first-order valence-electron chi connectivity index (χ1n) is 10.1. The molecule has 33 heavy (non-hydrogen) atoms. The Morgan fingerprint density at radius 3 is 2.61 bits per heavy atom.